The summed E-state index contributed by atoms with van der Waals surface area (Å²) in [7, 11) is 0. The number of nitrogens with one attached hydrogen (secondary N) is 1. The average molecular weight is 294 g/mol. The highest BCUT2D eigenvalue weighted by Gasteiger charge is 2.42. The molecule has 2 heterocycles. The lowest BCUT2D eigenvalue weighted by Crippen LogP contribution is -2.61. The van der Waals surface area contributed by atoms with E-state index in [0.29, 0.717) is 13.0 Å². The minimum absolute atomic E-state index is 0.00216. The molecular weight excluding hydrogens is 276 g/mol. The minimum Gasteiger partial charge on any atom is -0.342 e. The van der Waals surface area contributed by atoms with Crippen molar-refractivity contribution >= 4 is 22.6 Å². The number of amides is 2. The summed E-state index contributed by atoms with van der Waals surface area (Å²) in [6, 6.07) is 13.6. The van der Waals surface area contributed by atoms with Crippen molar-refractivity contribution < 1.29 is 9.59 Å². The van der Waals surface area contributed by atoms with E-state index in [9.17, 15) is 9.59 Å². The Morgan fingerprint density at radius 2 is 1.91 bits per heavy atom. The molecule has 0 bridgehead atoms. The van der Waals surface area contributed by atoms with Gasteiger partial charge < -0.3 is 10.2 Å². The van der Waals surface area contributed by atoms with E-state index in [1.54, 1.807) is 4.90 Å². The number of fused-ring (bicyclic) bond motifs is 2. The monoisotopic (exact) mass is 294 g/mol. The van der Waals surface area contributed by atoms with Crippen molar-refractivity contribution in [2.45, 2.75) is 31.3 Å². The molecule has 0 unspecified atom stereocenters. The number of benzene rings is 2. The van der Waals surface area contributed by atoms with Gasteiger partial charge >= 0.3 is 0 Å². The van der Waals surface area contributed by atoms with E-state index in [-0.39, 0.29) is 17.9 Å². The molecule has 112 valence electrons. The van der Waals surface area contributed by atoms with Gasteiger partial charge in [-0.05, 0) is 29.2 Å². The van der Waals surface area contributed by atoms with Crippen molar-refractivity contribution in [3.63, 3.8) is 0 Å². The first-order valence-corrected chi connectivity index (χ1v) is 7.81. The molecule has 4 heteroatoms. The highest BCUT2D eigenvalue weighted by atomic mass is 16.2. The van der Waals surface area contributed by atoms with Gasteiger partial charge in [-0.15, -0.1) is 0 Å². The molecule has 0 spiro atoms. The number of hydrogen-bond donors (Lipinski definition) is 1. The van der Waals surface area contributed by atoms with Crippen LogP contribution in [0.25, 0.3) is 10.8 Å². The smallest absolute Gasteiger partial charge is 0.246 e. The van der Waals surface area contributed by atoms with Gasteiger partial charge in [-0.25, -0.2) is 0 Å². The van der Waals surface area contributed by atoms with Crippen LogP contribution >= 0.6 is 0 Å². The van der Waals surface area contributed by atoms with Gasteiger partial charge in [0.25, 0.3) is 0 Å². The molecule has 4 rings (SSSR count). The van der Waals surface area contributed by atoms with Crippen LogP contribution in [0.1, 0.15) is 18.4 Å². The third-order valence-corrected chi connectivity index (χ3v) is 4.76. The molecule has 22 heavy (non-hydrogen) atoms. The molecule has 2 aliphatic heterocycles. The molecule has 0 aliphatic carbocycles. The Balaban J connectivity index is 1.65. The zero-order chi connectivity index (χ0) is 15.1. The fourth-order valence-corrected chi connectivity index (χ4v) is 3.66. The maximum absolute atomic E-state index is 12.6. The molecule has 2 atom stereocenters. The molecule has 2 saturated heterocycles. The highest BCUT2D eigenvalue weighted by Crippen LogP contribution is 2.25. The van der Waals surface area contributed by atoms with E-state index in [2.05, 4.69) is 23.5 Å². The fourth-order valence-electron chi connectivity index (χ4n) is 3.66. The van der Waals surface area contributed by atoms with E-state index in [4.69, 9.17) is 0 Å². The van der Waals surface area contributed by atoms with Crippen molar-refractivity contribution in [1.82, 2.24) is 10.2 Å². The van der Waals surface area contributed by atoms with Crippen LogP contribution in [0.4, 0.5) is 0 Å². The minimum atomic E-state index is -0.437. The second kappa shape index (κ2) is 5.13. The second-order valence-electron chi connectivity index (χ2n) is 6.09. The summed E-state index contributed by atoms with van der Waals surface area (Å²) in [4.78, 5) is 26.5. The van der Waals surface area contributed by atoms with Crippen molar-refractivity contribution in [1.29, 1.82) is 0 Å². The number of carbonyl (C=O) groups excluding carboxylic acids is 2. The summed E-state index contributed by atoms with van der Waals surface area (Å²) in [5.41, 5.74) is 1.11. The Morgan fingerprint density at radius 3 is 2.82 bits per heavy atom. The summed E-state index contributed by atoms with van der Waals surface area (Å²) in [5.74, 6) is 0.0670. The highest BCUT2D eigenvalue weighted by molar-refractivity contribution is 5.98. The van der Waals surface area contributed by atoms with Crippen LogP contribution < -0.4 is 5.32 Å². The average Bonchev–Trinajstić information content (AvgIpc) is 3.03. The molecule has 0 radical (unpaired) electrons. The summed E-state index contributed by atoms with van der Waals surface area (Å²) < 4.78 is 0. The molecule has 0 saturated carbocycles. The molecule has 2 fully saturated rings. The van der Waals surface area contributed by atoms with Gasteiger partial charge in [-0.2, -0.15) is 0 Å². The maximum Gasteiger partial charge on any atom is 0.246 e. The van der Waals surface area contributed by atoms with Gasteiger partial charge in [-0.1, -0.05) is 42.5 Å². The summed E-state index contributed by atoms with van der Waals surface area (Å²) in [5, 5.41) is 5.23. The molecular formula is C18H18N2O2. The number of piperazine rings is 1. The zero-order valence-electron chi connectivity index (χ0n) is 12.3. The van der Waals surface area contributed by atoms with E-state index in [1.165, 1.54) is 0 Å². The Morgan fingerprint density at radius 1 is 1.09 bits per heavy atom. The number of hydrogen-bond acceptors (Lipinski definition) is 2. The van der Waals surface area contributed by atoms with Crippen LogP contribution in [0, 0.1) is 0 Å². The normalized spacial score (nSPS) is 24.5. The van der Waals surface area contributed by atoms with Crippen LogP contribution in [-0.4, -0.2) is 35.3 Å². The van der Waals surface area contributed by atoms with Gasteiger partial charge in [0.15, 0.2) is 0 Å². The lowest BCUT2D eigenvalue weighted by molar-refractivity contribution is -0.146. The predicted molar refractivity (Wildman–Crippen MR) is 84.3 cm³/mol. The van der Waals surface area contributed by atoms with Gasteiger partial charge in [0.05, 0.1) is 0 Å². The summed E-state index contributed by atoms with van der Waals surface area (Å²) >= 11 is 0. The predicted octanol–water partition coefficient (Wildman–Crippen LogP) is 1.87. The molecule has 4 nitrogen and oxygen atoms in total. The molecule has 2 amide bonds. The van der Waals surface area contributed by atoms with Crippen LogP contribution in [0.2, 0.25) is 0 Å². The maximum atomic E-state index is 12.6. The first-order valence-electron chi connectivity index (χ1n) is 7.81. The largest absolute Gasteiger partial charge is 0.342 e. The molecule has 0 aromatic heterocycles. The van der Waals surface area contributed by atoms with E-state index in [0.717, 1.165) is 29.2 Å². The van der Waals surface area contributed by atoms with Crippen LogP contribution in [0.15, 0.2) is 42.5 Å². The van der Waals surface area contributed by atoms with E-state index >= 15 is 0 Å². The summed E-state index contributed by atoms with van der Waals surface area (Å²) in [6.07, 6.45) is 2.26. The molecule has 2 aliphatic rings. The Labute approximate surface area is 129 Å². The molecule has 1 N–H and O–H groups in total. The Bertz CT molecular complexity index is 750. The first-order chi connectivity index (χ1) is 10.7. The van der Waals surface area contributed by atoms with Crippen LogP contribution in [-0.2, 0) is 16.0 Å². The molecule has 2 aromatic carbocycles. The van der Waals surface area contributed by atoms with E-state index < -0.39 is 6.04 Å². The summed E-state index contributed by atoms with van der Waals surface area (Å²) in [6.45, 7) is 0.711. The standard InChI is InChI=1S/C18H18N2O2/c21-17-16-9-4-10-20(16)18(22)15(19-17)11-13-7-3-6-12-5-1-2-8-14(12)13/h1-3,5-8,15-16H,4,9-11H2,(H,19,21)/t15-,16-/m0/s1. The van der Waals surface area contributed by atoms with E-state index in [1.807, 2.05) is 24.3 Å². The Hall–Kier alpha value is -2.36. The topological polar surface area (TPSA) is 49.4 Å². The van der Waals surface area contributed by atoms with Crippen molar-refractivity contribution in [3.05, 3.63) is 48.0 Å². The third-order valence-electron chi connectivity index (χ3n) is 4.76. The first kappa shape index (κ1) is 13.3. The van der Waals surface area contributed by atoms with Gasteiger partial charge in [0, 0.05) is 13.0 Å². The van der Waals surface area contributed by atoms with Gasteiger partial charge in [0.1, 0.15) is 12.1 Å². The number of nitrogens with zero attached hydrogens (tertiary/aromatic N) is 1. The van der Waals surface area contributed by atoms with Crippen LogP contribution in [0.5, 0.6) is 0 Å². The van der Waals surface area contributed by atoms with Crippen molar-refractivity contribution in [2.24, 2.45) is 0 Å². The third kappa shape index (κ3) is 2.06. The number of carbonyl (C=O) groups is 2. The fraction of sp³-hybridized carbons (Fsp3) is 0.333. The SMILES string of the molecule is O=C1N[C@@H](Cc2cccc3ccccc23)C(=O)N2CCC[C@@H]12. The van der Waals surface area contributed by atoms with Crippen LogP contribution in [0.3, 0.4) is 0 Å². The quantitative estimate of drug-likeness (QED) is 0.919. The van der Waals surface area contributed by atoms with Gasteiger partial charge in [-0.3, -0.25) is 9.59 Å². The van der Waals surface area contributed by atoms with Crippen molar-refractivity contribution in [2.75, 3.05) is 6.54 Å². The zero-order valence-corrected chi connectivity index (χ0v) is 12.3. The Kier molecular flexibility index (Phi) is 3.10. The lowest BCUT2D eigenvalue weighted by atomic mass is 9.96. The number of rotatable bonds is 2. The molecule has 2 aromatic rings. The second-order valence-corrected chi connectivity index (χ2v) is 6.09. The van der Waals surface area contributed by atoms with Crippen molar-refractivity contribution in [3.8, 4) is 0 Å². The van der Waals surface area contributed by atoms with Gasteiger partial charge in [0.2, 0.25) is 11.8 Å². The lowest BCUT2D eigenvalue weighted by Gasteiger charge is -2.34.